The van der Waals surface area contributed by atoms with Crippen molar-refractivity contribution in [3.8, 4) is 0 Å². The Morgan fingerprint density at radius 3 is 2.64 bits per heavy atom. The average Bonchev–Trinajstić information content (AvgIpc) is 3.61. The van der Waals surface area contributed by atoms with Gasteiger partial charge in [0.25, 0.3) is 0 Å². The first-order valence-electron chi connectivity index (χ1n) is 13.5. The van der Waals surface area contributed by atoms with E-state index in [0.717, 1.165) is 67.5 Å². The summed E-state index contributed by atoms with van der Waals surface area (Å²) in [6.45, 7) is 3.30. The number of hydrogen-bond acceptors (Lipinski definition) is 7. The molecule has 1 aliphatic carbocycles. The zero-order valence-corrected chi connectivity index (χ0v) is 21.4. The Kier molecular flexibility index (Phi) is 6.41. The van der Waals surface area contributed by atoms with E-state index >= 15 is 0 Å². The predicted octanol–water partition coefficient (Wildman–Crippen LogP) is 4.20. The fourth-order valence-electron chi connectivity index (χ4n) is 6.11. The van der Waals surface area contributed by atoms with Crippen molar-refractivity contribution in [2.24, 2.45) is 5.92 Å². The summed E-state index contributed by atoms with van der Waals surface area (Å²) in [6.07, 6.45) is 11.6. The third-order valence-corrected chi connectivity index (χ3v) is 8.23. The lowest BCUT2D eigenvalue weighted by molar-refractivity contribution is -0.141. The Morgan fingerprint density at radius 1 is 1.17 bits per heavy atom. The maximum atomic E-state index is 13.1. The second-order valence-electron chi connectivity index (χ2n) is 11.0. The zero-order valence-electron chi connectivity index (χ0n) is 21.4. The number of nitrogens with one attached hydrogen (secondary N) is 2. The van der Waals surface area contributed by atoms with E-state index in [0.29, 0.717) is 43.2 Å². The van der Waals surface area contributed by atoms with Crippen LogP contribution in [0.3, 0.4) is 0 Å². The molecule has 5 heterocycles. The molecular formula is C27H37N7O2. The van der Waals surface area contributed by atoms with Crippen molar-refractivity contribution in [2.75, 3.05) is 30.5 Å². The van der Waals surface area contributed by atoms with Crippen LogP contribution in [0.1, 0.15) is 69.2 Å². The first kappa shape index (κ1) is 23.5. The number of H-pyrrole nitrogens is 1. The minimum atomic E-state index is 0.310. The van der Waals surface area contributed by atoms with Crippen LogP contribution in [0.2, 0.25) is 0 Å². The second kappa shape index (κ2) is 9.84. The largest absolute Gasteiger partial charge is 0.377 e. The number of aromatic amines is 1. The van der Waals surface area contributed by atoms with Crippen molar-refractivity contribution in [1.82, 2.24) is 25.1 Å². The van der Waals surface area contributed by atoms with Gasteiger partial charge in [-0.05, 0) is 69.8 Å². The number of ether oxygens (including phenoxy) is 1. The topological polar surface area (TPSA) is 99.3 Å². The van der Waals surface area contributed by atoms with E-state index in [-0.39, 0.29) is 0 Å². The van der Waals surface area contributed by atoms with Crippen LogP contribution in [0.25, 0.3) is 5.57 Å². The Hall–Kier alpha value is -2.94. The SMILES string of the molecule is Cc1cc(Nc2cc(C3=CCOCC3)nc(N(C)[C@@H]3C[C@H]4CCC[C@@H](C3)N4C(=O)CC3CC3)n2)n[nH]1. The maximum absolute atomic E-state index is 13.1. The molecule has 9 heteroatoms. The fourth-order valence-corrected chi connectivity index (χ4v) is 6.11. The normalized spacial score (nSPS) is 25.9. The number of carbonyl (C=O) groups is 1. The Bertz CT molecular complexity index is 1130. The summed E-state index contributed by atoms with van der Waals surface area (Å²) >= 11 is 0. The number of carbonyl (C=O) groups excluding carboxylic acids is 1. The summed E-state index contributed by atoms with van der Waals surface area (Å²) in [5, 5.41) is 10.7. The molecular weight excluding hydrogens is 454 g/mol. The van der Waals surface area contributed by atoms with E-state index in [1.807, 2.05) is 19.1 Å². The summed E-state index contributed by atoms with van der Waals surface area (Å²) in [5.41, 5.74) is 3.12. The van der Waals surface area contributed by atoms with Crippen LogP contribution in [0.5, 0.6) is 0 Å². The van der Waals surface area contributed by atoms with Crippen LogP contribution in [-0.2, 0) is 9.53 Å². The average molecular weight is 492 g/mol. The molecule has 1 saturated carbocycles. The monoisotopic (exact) mass is 491 g/mol. The molecule has 3 fully saturated rings. The third-order valence-electron chi connectivity index (χ3n) is 8.23. The molecule has 0 aromatic carbocycles. The molecule has 4 aliphatic rings. The minimum absolute atomic E-state index is 0.310. The van der Waals surface area contributed by atoms with E-state index < -0.39 is 0 Å². The second-order valence-corrected chi connectivity index (χ2v) is 11.0. The van der Waals surface area contributed by atoms with Crippen LogP contribution in [0, 0.1) is 12.8 Å². The number of nitrogens with zero attached hydrogens (tertiary/aromatic N) is 5. The van der Waals surface area contributed by atoms with Crippen molar-refractivity contribution in [2.45, 2.75) is 82.8 Å². The number of piperidine rings is 2. The first-order chi connectivity index (χ1) is 17.5. The maximum Gasteiger partial charge on any atom is 0.227 e. The first-order valence-corrected chi connectivity index (χ1v) is 13.5. The molecule has 3 atom stereocenters. The van der Waals surface area contributed by atoms with Gasteiger partial charge in [-0.25, -0.2) is 4.98 Å². The van der Waals surface area contributed by atoms with Crippen molar-refractivity contribution in [3.63, 3.8) is 0 Å². The van der Waals surface area contributed by atoms with Crippen LogP contribution in [-0.4, -0.2) is 69.4 Å². The van der Waals surface area contributed by atoms with E-state index in [9.17, 15) is 4.79 Å². The summed E-state index contributed by atoms with van der Waals surface area (Å²) < 4.78 is 5.53. The molecule has 2 bridgehead atoms. The molecule has 192 valence electrons. The number of hydrogen-bond donors (Lipinski definition) is 2. The smallest absolute Gasteiger partial charge is 0.227 e. The zero-order chi connectivity index (χ0) is 24.6. The van der Waals surface area contributed by atoms with Crippen LogP contribution in [0.4, 0.5) is 17.6 Å². The molecule has 36 heavy (non-hydrogen) atoms. The highest BCUT2D eigenvalue weighted by atomic mass is 16.5. The number of amides is 1. The van der Waals surface area contributed by atoms with Gasteiger partial charge in [0.1, 0.15) is 5.82 Å². The van der Waals surface area contributed by atoms with Crippen LogP contribution in [0.15, 0.2) is 18.2 Å². The molecule has 2 aromatic rings. The molecule has 0 unspecified atom stereocenters. The standard InChI is InChI=1S/C27H37N7O2/c1-17-12-25(32-31-17)29-24-16-23(19-8-10-36-11-9-19)28-27(30-24)33(2)22-14-20-4-3-5-21(15-22)34(20)26(35)13-18-6-7-18/h8,12,16,18,20-22H,3-7,9-11,13-15H2,1-2H3,(H2,28,29,30,31,32)/t20-,21+,22-. The molecule has 0 radical (unpaired) electrons. The van der Waals surface area contributed by atoms with Crippen LogP contribution >= 0.6 is 0 Å². The molecule has 6 rings (SSSR count). The van der Waals surface area contributed by atoms with E-state index in [1.165, 1.54) is 24.8 Å². The van der Waals surface area contributed by atoms with E-state index in [1.54, 1.807) is 0 Å². The lowest BCUT2D eigenvalue weighted by atomic mass is 9.81. The summed E-state index contributed by atoms with van der Waals surface area (Å²) in [6, 6.07) is 4.95. The molecule has 2 aromatic heterocycles. The highest BCUT2D eigenvalue weighted by molar-refractivity contribution is 5.78. The van der Waals surface area contributed by atoms with Gasteiger partial charge in [-0.3, -0.25) is 9.89 Å². The van der Waals surface area contributed by atoms with Gasteiger partial charge >= 0.3 is 0 Å². The van der Waals surface area contributed by atoms with Gasteiger partial charge in [-0.2, -0.15) is 10.1 Å². The predicted molar refractivity (Wildman–Crippen MR) is 139 cm³/mol. The number of rotatable bonds is 7. The van der Waals surface area contributed by atoms with Crippen molar-refractivity contribution in [3.05, 3.63) is 29.6 Å². The quantitative estimate of drug-likeness (QED) is 0.599. The number of aryl methyl sites for hydroxylation is 1. The number of fused-ring (bicyclic) bond motifs is 2. The molecule has 1 amide bonds. The summed E-state index contributed by atoms with van der Waals surface area (Å²) in [7, 11) is 2.11. The Labute approximate surface area is 212 Å². The highest BCUT2D eigenvalue weighted by Crippen LogP contribution is 2.40. The number of aromatic nitrogens is 4. The lowest BCUT2D eigenvalue weighted by Gasteiger charge is -2.50. The fraction of sp³-hybridized carbons (Fsp3) is 0.630. The van der Waals surface area contributed by atoms with Gasteiger partial charge in [-0.1, -0.05) is 6.08 Å². The van der Waals surface area contributed by atoms with Crippen molar-refractivity contribution >= 4 is 29.1 Å². The van der Waals surface area contributed by atoms with E-state index in [2.05, 4.69) is 38.4 Å². The van der Waals surface area contributed by atoms with Crippen molar-refractivity contribution in [1.29, 1.82) is 0 Å². The van der Waals surface area contributed by atoms with E-state index in [4.69, 9.17) is 14.7 Å². The van der Waals surface area contributed by atoms with Crippen LogP contribution < -0.4 is 10.2 Å². The summed E-state index contributed by atoms with van der Waals surface area (Å²) in [4.78, 5) is 27.5. The molecule has 0 spiro atoms. The molecule has 2 saturated heterocycles. The van der Waals surface area contributed by atoms with Crippen molar-refractivity contribution < 1.29 is 9.53 Å². The van der Waals surface area contributed by atoms with Gasteiger partial charge in [0.05, 0.1) is 18.9 Å². The molecule has 2 N–H and O–H groups in total. The lowest BCUT2D eigenvalue weighted by Crippen LogP contribution is -2.58. The minimum Gasteiger partial charge on any atom is -0.377 e. The molecule has 3 aliphatic heterocycles. The van der Waals surface area contributed by atoms with Gasteiger partial charge in [0.15, 0.2) is 5.82 Å². The highest BCUT2D eigenvalue weighted by Gasteiger charge is 2.43. The summed E-state index contributed by atoms with van der Waals surface area (Å²) in [5.74, 6) is 3.22. The van der Waals surface area contributed by atoms with Gasteiger partial charge < -0.3 is 19.9 Å². The van der Waals surface area contributed by atoms with Gasteiger partial charge in [0.2, 0.25) is 11.9 Å². The van der Waals surface area contributed by atoms with Gasteiger partial charge in [0, 0.05) is 49.4 Å². The Morgan fingerprint density at radius 2 is 1.97 bits per heavy atom. The third kappa shape index (κ3) is 4.98. The molecule has 9 nitrogen and oxygen atoms in total. The van der Waals surface area contributed by atoms with Gasteiger partial charge in [-0.15, -0.1) is 0 Å². The number of anilines is 3. The Balaban J connectivity index is 1.25.